The third-order valence-corrected chi connectivity index (χ3v) is 5.52. The van der Waals surface area contributed by atoms with E-state index < -0.39 is 0 Å². The summed E-state index contributed by atoms with van der Waals surface area (Å²) in [6.45, 7) is 2.63. The fraction of sp³-hybridized carbons (Fsp3) is 0.647. The van der Waals surface area contributed by atoms with Gasteiger partial charge in [0.2, 0.25) is 0 Å². The molecule has 2 fully saturated rings. The highest BCUT2D eigenvalue weighted by Crippen LogP contribution is 2.27. The van der Waals surface area contributed by atoms with E-state index in [4.69, 9.17) is 0 Å². The summed E-state index contributed by atoms with van der Waals surface area (Å²) >= 11 is 3.39. The molecule has 2 atom stereocenters. The van der Waals surface area contributed by atoms with Crippen molar-refractivity contribution < 1.29 is 9.50 Å². The minimum atomic E-state index is -0.151. The lowest BCUT2D eigenvalue weighted by molar-refractivity contribution is 0.0526. The summed E-state index contributed by atoms with van der Waals surface area (Å²) in [5.74, 6) is -0.151. The Morgan fingerprint density at radius 2 is 2.00 bits per heavy atom. The third kappa shape index (κ3) is 3.88. The van der Waals surface area contributed by atoms with E-state index in [2.05, 4.69) is 26.1 Å². The summed E-state index contributed by atoms with van der Waals surface area (Å²) in [7, 11) is 0. The molecule has 1 aliphatic heterocycles. The van der Waals surface area contributed by atoms with Crippen LogP contribution in [0.15, 0.2) is 22.7 Å². The van der Waals surface area contributed by atoms with E-state index in [-0.39, 0.29) is 11.9 Å². The van der Waals surface area contributed by atoms with Crippen LogP contribution in [0.4, 0.5) is 4.39 Å². The molecule has 3 rings (SSSR count). The van der Waals surface area contributed by atoms with Crippen molar-refractivity contribution in [1.29, 1.82) is 0 Å². The standard InChI is InChI=1S/C17H24BrFN2O/c18-13-4-5-15(19)12(10-13)11-20-14-6-8-21(9-7-14)16-2-1-3-17(16)22/h4-5,10,14,16-17,20,22H,1-3,6-9,11H2/t16-,17+/m1/s1. The first-order chi connectivity index (χ1) is 10.6. The summed E-state index contributed by atoms with van der Waals surface area (Å²) in [5.41, 5.74) is 0.711. The summed E-state index contributed by atoms with van der Waals surface area (Å²) < 4.78 is 14.6. The summed E-state index contributed by atoms with van der Waals surface area (Å²) in [6, 6.07) is 5.87. The van der Waals surface area contributed by atoms with Gasteiger partial charge in [-0.15, -0.1) is 0 Å². The number of hydrogen-bond donors (Lipinski definition) is 2. The highest BCUT2D eigenvalue weighted by atomic mass is 79.9. The Kier molecular flexibility index (Phi) is 5.50. The van der Waals surface area contributed by atoms with Crippen LogP contribution in [0.25, 0.3) is 0 Å². The van der Waals surface area contributed by atoms with Crippen LogP contribution in [0.1, 0.15) is 37.7 Å². The molecule has 1 saturated heterocycles. The molecule has 1 aromatic rings. The van der Waals surface area contributed by atoms with Crippen LogP contribution < -0.4 is 5.32 Å². The fourth-order valence-electron chi connectivity index (χ4n) is 3.72. The number of aliphatic hydroxyl groups excluding tert-OH is 1. The Balaban J connectivity index is 1.47. The molecule has 5 heteroatoms. The highest BCUT2D eigenvalue weighted by molar-refractivity contribution is 9.10. The predicted octanol–water partition coefficient (Wildman–Crippen LogP) is 3.06. The molecular formula is C17H24BrFN2O. The zero-order chi connectivity index (χ0) is 15.5. The van der Waals surface area contributed by atoms with Crippen LogP contribution in [0.2, 0.25) is 0 Å². The van der Waals surface area contributed by atoms with Crippen molar-refractivity contribution in [2.45, 2.75) is 56.8 Å². The molecule has 22 heavy (non-hydrogen) atoms. The van der Waals surface area contributed by atoms with Crippen LogP contribution >= 0.6 is 15.9 Å². The number of rotatable bonds is 4. The van der Waals surface area contributed by atoms with Gasteiger partial charge in [0.05, 0.1) is 6.10 Å². The maximum atomic E-state index is 13.7. The summed E-state index contributed by atoms with van der Waals surface area (Å²) in [5, 5.41) is 13.5. The number of benzene rings is 1. The molecule has 0 amide bonds. The van der Waals surface area contributed by atoms with Crippen LogP contribution in [-0.4, -0.2) is 41.3 Å². The van der Waals surface area contributed by atoms with Gasteiger partial charge >= 0.3 is 0 Å². The molecule has 3 nitrogen and oxygen atoms in total. The summed E-state index contributed by atoms with van der Waals surface area (Å²) in [4.78, 5) is 2.44. The quantitative estimate of drug-likeness (QED) is 0.854. The van der Waals surface area contributed by atoms with Gasteiger partial charge in [0.25, 0.3) is 0 Å². The Labute approximate surface area is 140 Å². The molecule has 0 bridgehead atoms. The minimum absolute atomic E-state index is 0.139. The van der Waals surface area contributed by atoms with Crippen LogP contribution in [0.3, 0.4) is 0 Å². The lowest BCUT2D eigenvalue weighted by Gasteiger charge is -2.37. The Morgan fingerprint density at radius 1 is 1.23 bits per heavy atom. The van der Waals surface area contributed by atoms with Gasteiger partial charge in [-0.1, -0.05) is 15.9 Å². The van der Waals surface area contributed by atoms with Crippen LogP contribution in [0, 0.1) is 5.82 Å². The maximum absolute atomic E-state index is 13.7. The third-order valence-electron chi connectivity index (χ3n) is 5.03. The molecule has 0 aromatic heterocycles. The molecule has 1 heterocycles. The second-order valence-corrected chi connectivity index (χ2v) is 7.41. The van der Waals surface area contributed by atoms with Gasteiger partial charge < -0.3 is 10.4 Å². The second-order valence-electron chi connectivity index (χ2n) is 6.49. The van der Waals surface area contributed by atoms with Crippen molar-refractivity contribution in [3.8, 4) is 0 Å². The van der Waals surface area contributed by atoms with Gasteiger partial charge in [0.1, 0.15) is 5.82 Å². The number of halogens is 2. The topological polar surface area (TPSA) is 35.5 Å². The molecule has 0 unspecified atom stereocenters. The molecule has 2 aliphatic rings. The molecule has 122 valence electrons. The van der Waals surface area contributed by atoms with E-state index in [9.17, 15) is 9.50 Å². The number of piperidine rings is 1. The minimum Gasteiger partial charge on any atom is -0.391 e. The van der Waals surface area contributed by atoms with Crippen LogP contribution in [0.5, 0.6) is 0 Å². The molecule has 2 N–H and O–H groups in total. The van der Waals surface area contributed by atoms with Gasteiger partial charge in [0.15, 0.2) is 0 Å². The van der Waals surface area contributed by atoms with E-state index in [0.717, 1.165) is 49.7 Å². The molecule has 0 radical (unpaired) electrons. The Hall–Kier alpha value is -0.490. The van der Waals surface area contributed by atoms with E-state index in [1.807, 2.05) is 6.07 Å². The predicted molar refractivity (Wildman–Crippen MR) is 89.2 cm³/mol. The van der Waals surface area contributed by atoms with Crippen LogP contribution in [-0.2, 0) is 6.54 Å². The number of hydrogen-bond acceptors (Lipinski definition) is 3. The second kappa shape index (κ2) is 7.39. The fourth-order valence-corrected chi connectivity index (χ4v) is 4.12. The first-order valence-corrected chi connectivity index (χ1v) is 9.02. The van der Waals surface area contributed by atoms with E-state index in [0.29, 0.717) is 24.2 Å². The number of aliphatic hydroxyl groups is 1. The molecular weight excluding hydrogens is 347 g/mol. The lowest BCUT2D eigenvalue weighted by atomic mass is 10.0. The van der Waals surface area contributed by atoms with Gasteiger partial charge in [-0.2, -0.15) is 0 Å². The zero-order valence-corrected chi connectivity index (χ0v) is 14.4. The van der Waals surface area contributed by atoms with Gasteiger partial charge in [-0.3, -0.25) is 4.90 Å². The largest absolute Gasteiger partial charge is 0.391 e. The van der Waals surface area contributed by atoms with Gasteiger partial charge in [-0.05, 0) is 50.3 Å². The molecule has 1 aromatic carbocycles. The maximum Gasteiger partial charge on any atom is 0.127 e. The molecule has 0 spiro atoms. The van der Waals surface area contributed by atoms with Crippen molar-refractivity contribution in [3.05, 3.63) is 34.1 Å². The van der Waals surface area contributed by atoms with E-state index >= 15 is 0 Å². The SMILES string of the molecule is O[C@H]1CCC[C@H]1N1CCC(NCc2cc(Br)ccc2F)CC1. The van der Waals surface area contributed by atoms with Crippen molar-refractivity contribution in [2.75, 3.05) is 13.1 Å². The molecule has 1 aliphatic carbocycles. The van der Waals surface area contributed by atoms with E-state index in [1.165, 1.54) is 6.07 Å². The van der Waals surface area contributed by atoms with Crippen molar-refractivity contribution >= 4 is 15.9 Å². The highest BCUT2D eigenvalue weighted by Gasteiger charge is 2.32. The monoisotopic (exact) mass is 370 g/mol. The first-order valence-electron chi connectivity index (χ1n) is 8.23. The number of likely N-dealkylation sites (tertiary alicyclic amines) is 1. The number of nitrogens with zero attached hydrogens (tertiary/aromatic N) is 1. The normalized spacial score (nSPS) is 27.4. The average molecular weight is 371 g/mol. The van der Waals surface area contributed by atoms with Crippen molar-refractivity contribution in [3.63, 3.8) is 0 Å². The van der Waals surface area contributed by atoms with Crippen molar-refractivity contribution in [2.24, 2.45) is 0 Å². The zero-order valence-electron chi connectivity index (χ0n) is 12.8. The first kappa shape index (κ1) is 16.4. The van der Waals surface area contributed by atoms with Gasteiger partial charge in [0, 0.05) is 41.8 Å². The molecule has 1 saturated carbocycles. The summed E-state index contributed by atoms with van der Waals surface area (Å²) in [6.07, 6.45) is 5.22. The average Bonchev–Trinajstić information content (AvgIpc) is 2.95. The van der Waals surface area contributed by atoms with Gasteiger partial charge in [-0.25, -0.2) is 4.39 Å². The number of nitrogens with one attached hydrogen (secondary N) is 1. The Bertz CT molecular complexity index is 505. The van der Waals surface area contributed by atoms with E-state index in [1.54, 1.807) is 6.07 Å². The lowest BCUT2D eigenvalue weighted by Crippen LogP contribution is -2.48. The van der Waals surface area contributed by atoms with Crippen molar-refractivity contribution in [1.82, 2.24) is 10.2 Å². The Morgan fingerprint density at radius 3 is 2.68 bits per heavy atom. The smallest absolute Gasteiger partial charge is 0.127 e.